The van der Waals surface area contributed by atoms with Gasteiger partial charge in [0.25, 0.3) is 0 Å². The smallest absolute Gasteiger partial charge is 0.127 e. The van der Waals surface area contributed by atoms with E-state index < -0.39 is 0 Å². The van der Waals surface area contributed by atoms with Crippen molar-refractivity contribution in [2.75, 3.05) is 19.7 Å². The zero-order chi connectivity index (χ0) is 13.0. The molecular formula is C15H24N2O. The highest BCUT2D eigenvalue weighted by molar-refractivity contribution is 5.47. The Bertz CT molecular complexity index is 404. The molecular weight excluding hydrogens is 224 g/mol. The lowest BCUT2D eigenvalue weighted by Crippen LogP contribution is -2.24. The predicted molar refractivity (Wildman–Crippen MR) is 75.1 cm³/mol. The first-order valence-corrected chi connectivity index (χ1v) is 6.90. The van der Waals surface area contributed by atoms with Crippen LogP contribution in [-0.2, 0) is 0 Å². The number of rotatable bonds is 4. The van der Waals surface area contributed by atoms with Crippen LogP contribution in [0.4, 0.5) is 0 Å². The Balaban J connectivity index is 2.22. The van der Waals surface area contributed by atoms with E-state index in [-0.39, 0.29) is 0 Å². The lowest BCUT2D eigenvalue weighted by molar-refractivity contribution is 0.313. The van der Waals surface area contributed by atoms with E-state index in [2.05, 4.69) is 31.3 Å². The number of aryl methyl sites for hydroxylation is 1. The molecule has 1 atom stereocenters. The first-order valence-electron chi connectivity index (χ1n) is 6.90. The molecule has 0 bridgehead atoms. The Kier molecular flexibility index (Phi) is 4.61. The minimum atomic E-state index is 0.411. The Hall–Kier alpha value is -1.06. The zero-order valence-corrected chi connectivity index (χ0v) is 11.5. The summed E-state index contributed by atoms with van der Waals surface area (Å²) in [5, 5.41) is 3.61. The van der Waals surface area contributed by atoms with Crippen LogP contribution in [0.3, 0.4) is 0 Å². The average molecular weight is 248 g/mol. The third-order valence-corrected chi connectivity index (χ3v) is 3.74. The van der Waals surface area contributed by atoms with Crippen molar-refractivity contribution in [1.29, 1.82) is 0 Å². The van der Waals surface area contributed by atoms with Crippen LogP contribution in [0.1, 0.15) is 42.0 Å². The number of ether oxygens (including phenoxy) is 1. The Morgan fingerprint density at radius 2 is 2.22 bits per heavy atom. The van der Waals surface area contributed by atoms with E-state index >= 15 is 0 Å². The van der Waals surface area contributed by atoms with Gasteiger partial charge in [0.2, 0.25) is 0 Å². The van der Waals surface area contributed by atoms with E-state index in [1.54, 1.807) is 0 Å². The molecule has 1 aliphatic heterocycles. The van der Waals surface area contributed by atoms with Crippen LogP contribution in [0.5, 0.6) is 5.75 Å². The molecule has 1 aromatic carbocycles. The van der Waals surface area contributed by atoms with E-state index in [0.717, 1.165) is 44.7 Å². The van der Waals surface area contributed by atoms with Crippen molar-refractivity contribution in [1.82, 2.24) is 5.32 Å². The summed E-state index contributed by atoms with van der Waals surface area (Å²) >= 11 is 0. The van der Waals surface area contributed by atoms with Gasteiger partial charge in [-0.3, -0.25) is 0 Å². The van der Waals surface area contributed by atoms with E-state index in [1.807, 2.05) is 0 Å². The number of hydrogen-bond acceptors (Lipinski definition) is 3. The first-order chi connectivity index (χ1) is 8.74. The fourth-order valence-corrected chi connectivity index (χ4v) is 2.48. The fraction of sp³-hybridized carbons (Fsp3) is 0.600. The quantitative estimate of drug-likeness (QED) is 0.805. The Morgan fingerprint density at radius 1 is 1.39 bits per heavy atom. The molecule has 2 rings (SSSR count). The van der Waals surface area contributed by atoms with Gasteiger partial charge < -0.3 is 15.8 Å². The van der Waals surface area contributed by atoms with Crippen molar-refractivity contribution in [3.63, 3.8) is 0 Å². The van der Waals surface area contributed by atoms with Gasteiger partial charge in [-0.25, -0.2) is 0 Å². The van der Waals surface area contributed by atoms with Gasteiger partial charge in [-0.2, -0.15) is 0 Å². The van der Waals surface area contributed by atoms with Crippen molar-refractivity contribution in [3.8, 4) is 5.75 Å². The van der Waals surface area contributed by atoms with Gasteiger partial charge in [0.15, 0.2) is 0 Å². The molecule has 100 valence electrons. The van der Waals surface area contributed by atoms with Crippen LogP contribution >= 0.6 is 0 Å². The summed E-state index contributed by atoms with van der Waals surface area (Å²) in [6, 6.07) is 4.82. The summed E-state index contributed by atoms with van der Waals surface area (Å²) in [7, 11) is 0. The molecule has 0 saturated carbocycles. The van der Waals surface area contributed by atoms with E-state index in [1.165, 1.54) is 16.7 Å². The van der Waals surface area contributed by atoms with Gasteiger partial charge in [-0.1, -0.05) is 12.1 Å². The van der Waals surface area contributed by atoms with E-state index in [0.29, 0.717) is 6.04 Å². The largest absolute Gasteiger partial charge is 0.493 e. The second kappa shape index (κ2) is 6.21. The third kappa shape index (κ3) is 2.85. The highest BCUT2D eigenvalue weighted by Gasteiger charge is 2.21. The second-order valence-corrected chi connectivity index (χ2v) is 5.07. The molecule has 1 unspecified atom stereocenters. The maximum Gasteiger partial charge on any atom is 0.127 e. The molecule has 18 heavy (non-hydrogen) atoms. The lowest BCUT2D eigenvalue weighted by Gasteiger charge is -2.20. The van der Waals surface area contributed by atoms with Crippen LogP contribution in [-0.4, -0.2) is 19.7 Å². The highest BCUT2D eigenvalue weighted by atomic mass is 16.5. The second-order valence-electron chi connectivity index (χ2n) is 5.07. The SMILES string of the molecule is Cc1ccc2c(c1C)OCCCC2NCCCN. The number of nitrogens with one attached hydrogen (secondary N) is 1. The molecule has 3 nitrogen and oxygen atoms in total. The van der Waals surface area contributed by atoms with Crippen LogP contribution in [0.2, 0.25) is 0 Å². The molecule has 0 aliphatic carbocycles. The number of hydrogen-bond donors (Lipinski definition) is 2. The van der Waals surface area contributed by atoms with E-state index in [9.17, 15) is 0 Å². The molecule has 0 spiro atoms. The average Bonchev–Trinajstić information content (AvgIpc) is 2.57. The summed E-state index contributed by atoms with van der Waals surface area (Å²) in [4.78, 5) is 0. The number of nitrogens with two attached hydrogens (primary N) is 1. The molecule has 0 saturated heterocycles. The van der Waals surface area contributed by atoms with Crippen molar-refractivity contribution in [3.05, 3.63) is 28.8 Å². The minimum absolute atomic E-state index is 0.411. The normalized spacial score (nSPS) is 18.9. The summed E-state index contributed by atoms with van der Waals surface area (Å²) < 4.78 is 5.93. The molecule has 0 fully saturated rings. The summed E-state index contributed by atoms with van der Waals surface area (Å²) in [6.07, 6.45) is 3.27. The Morgan fingerprint density at radius 3 is 3.00 bits per heavy atom. The van der Waals surface area contributed by atoms with Crippen LogP contribution in [0.15, 0.2) is 12.1 Å². The summed E-state index contributed by atoms with van der Waals surface area (Å²) in [5.41, 5.74) is 9.44. The standard InChI is InChI=1S/C15H24N2O/c1-11-6-7-13-14(17-9-4-8-16)5-3-10-18-15(13)12(11)2/h6-7,14,17H,3-5,8-10,16H2,1-2H3. The van der Waals surface area contributed by atoms with Crippen LogP contribution in [0, 0.1) is 13.8 Å². The fourth-order valence-electron chi connectivity index (χ4n) is 2.48. The van der Waals surface area contributed by atoms with Gasteiger partial charge in [0.1, 0.15) is 5.75 Å². The molecule has 1 aliphatic rings. The first kappa shape index (κ1) is 13.4. The van der Waals surface area contributed by atoms with Crippen molar-refractivity contribution in [2.45, 2.75) is 39.2 Å². The van der Waals surface area contributed by atoms with Crippen molar-refractivity contribution in [2.24, 2.45) is 5.73 Å². The maximum absolute atomic E-state index is 5.93. The topological polar surface area (TPSA) is 47.3 Å². The molecule has 0 radical (unpaired) electrons. The van der Waals surface area contributed by atoms with Gasteiger partial charge in [-0.05, 0) is 57.3 Å². The van der Waals surface area contributed by atoms with E-state index in [4.69, 9.17) is 10.5 Å². The monoisotopic (exact) mass is 248 g/mol. The van der Waals surface area contributed by atoms with Gasteiger partial charge in [-0.15, -0.1) is 0 Å². The van der Waals surface area contributed by atoms with Gasteiger partial charge in [0.05, 0.1) is 6.61 Å². The Labute approximate surface area is 110 Å². The number of fused-ring (bicyclic) bond motifs is 1. The predicted octanol–water partition coefficient (Wildman–Crippen LogP) is 2.46. The molecule has 3 N–H and O–H groups in total. The zero-order valence-electron chi connectivity index (χ0n) is 11.5. The van der Waals surface area contributed by atoms with Crippen LogP contribution < -0.4 is 15.8 Å². The maximum atomic E-state index is 5.93. The third-order valence-electron chi connectivity index (χ3n) is 3.74. The number of benzene rings is 1. The molecule has 1 heterocycles. The van der Waals surface area contributed by atoms with Crippen molar-refractivity contribution < 1.29 is 4.74 Å². The molecule has 0 amide bonds. The van der Waals surface area contributed by atoms with Gasteiger partial charge in [0, 0.05) is 11.6 Å². The molecule has 3 heteroatoms. The summed E-state index contributed by atoms with van der Waals surface area (Å²) in [6.45, 7) is 6.84. The van der Waals surface area contributed by atoms with Crippen LogP contribution in [0.25, 0.3) is 0 Å². The van der Waals surface area contributed by atoms with Crippen molar-refractivity contribution >= 4 is 0 Å². The van der Waals surface area contributed by atoms with Gasteiger partial charge >= 0.3 is 0 Å². The molecule has 1 aromatic rings. The highest BCUT2D eigenvalue weighted by Crippen LogP contribution is 2.35. The minimum Gasteiger partial charge on any atom is -0.493 e. The molecule has 0 aromatic heterocycles. The lowest BCUT2D eigenvalue weighted by atomic mass is 9.97. The summed E-state index contributed by atoms with van der Waals surface area (Å²) in [5.74, 6) is 1.10.